The molecule has 4 rings (SSSR count). The van der Waals surface area contributed by atoms with Crippen LogP contribution < -0.4 is 5.32 Å². The summed E-state index contributed by atoms with van der Waals surface area (Å²) in [5.41, 5.74) is 3.18. The Morgan fingerprint density at radius 1 is 1.21 bits per heavy atom. The van der Waals surface area contributed by atoms with Crippen molar-refractivity contribution in [2.75, 3.05) is 5.32 Å². The molecule has 2 amide bonds. The van der Waals surface area contributed by atoms with Crippen LogP contribution in [0.5, 0.6) is 0 Å². The van der Waals surface area contributed by atoms with Crippen LogP contribution in [0.15, 0.2) is 52.4 Å². The molecule has 0 fully saturated rings. The van der Waals surface area contributed by atoms with E-state index in [1.807, 2.05) is 57.2 Å². The van der Waals surface area contributed by atoms with Crippen molar-refractivity contribution in [3.05, 3.63) is 58.6 Å². The average Bonchev–Trinajstić information content (AvgIpc) is 3.17. The zero-order chi connectivity index (χ0) is 23.7. The monoisotopic (exact) mass is 482 g/mol. The molecule has 2 heterocycles. The van der Waals surface area contributed by atoms with Gasteiger partial charge < -0.3 is 5.32 Å². The number of hydrogen-bond donors (Lipinski definition) is 1. The summed E-state index contributed by atoms with van der Waals surface area (Å²) in [6.45, 7) is 7.95. The van der Waals surface area contributed by atoms with E-state index in [4.69, 9.17) is 21.6 Å². The summed E-state index contributed by atoms with van der Waals surface area (Å²) < 4.78 is 0. The van der Waals surface area contributed by atoms with Gasteiger partial charge in [-0.25, -0.2) is 9.89 Å². The molecule has 0 bridgehead atoms. The summed E-state index contributed by atoms with van der Waals surface area (Å²) in [7, 11) is 0. The van der Waals surface area contributed by atoms with Crippen LogP contribution in [0.1, 0.15) is 44.7 Å². The lowest BCUT2D eigenvalue weighted by Gasteiger charge is -2.27. The second-order valence-corrected chi connectivity index (χ2v) is 9.91. The minimum Gasteiger partial charge on any atom is -0.325 e. The van der Waals surface area contributed by atoms with Crippen LogP contribution in [0.25, 0.3) is 0 Å². The SMILES string of the molecule is CC[C@H](SC1=Nc2ccccc2C2=N[C@H]([C@@H](C)CC)C(=O)N12)C(=O)Nc1ccc(C)c(Cl)c1. The molecule has 0 aliphatic carbocycles. The van der Waals surface area contributed by atoms with Gasteiger partial charge in [0.25, 0.3) is 5.91 Å². The quantitative estimate of drug-likeness (QED) is 0.565. The lowest BCUT2D eigenvalue weighted by molar-refractivity contribution is -0.125. The smallest absolute Gasteiger partial charge is 0.259 e. The number of halogens is 1. The maximum Gasteiger partial charge on any atom is 0.259 e. The van der Waals surface area contributed by atoms with Gasteiger partial charge in [0.1, 0.15) is 11.9 Å². The number of carbonyl (C=O) groups is 2. The largest absolute Gasteiger partial charge is 0.325 e. The van der Waals surface area contributed by atoms with E-state index in [2.05, 4.69) is 12.2 Å². The molecule has 1 N–H and O–H groups in total. The van der Waals surface area contributed by atoms with Crippen LogP contribution in [0.3, 0.4) is 0 Å². The fraction of sp³-hybridized carbons (Fsp3) is 0.360. The average molecular weight is 483 g/mol. The van der Waals surface area contributed by atoms with Gasteiger partial charge in [-0.3, -0.25) is 14.6 Å². The molecule has 3 atom stereocenters. The van der Waals surface area contributed by atoms with Crippen molar-refractivity contribution in [3.8, 4) is 0 Å². The van der Waals surface area contributed by atoms with Gasteiger partial charge in [-0.1, -0.05) is 68.8 Å². The number of carbonyl (C=O) groups excluding carboxylic acids is 2. The molecule has 0 spiro atoms. The Kier molecular flexibility index (Phi) is 6.91. The predicted octanol–water partition coefficient (Wildman–Crippen LogP) is 5.80. The fourth-order valence-electron chi connectivity index (χ4n) is 3.79. The van der Waals surface area contributed by atoms with Crippen molar-refractivity contribution in [2.24, 2.45) is 15.9 Å². The summed E-state index contributed by atoms with van der Waals surface area (Å²) in [5, 5.41) is 3.60. The Morgan fingerprint density at radius 3 is 2.67 bits per heavy atom. The predicted molar refractivity (Wildman–Crippen MR) is 137 cm³/mol. The van der Waals surface area contributed by atoms with Gasteiger partial charge in [0, 0.05) is 16.3 Å². The van der Waals surface area contributed by atoms with Crippen LogP contribution in [-0.4, -0.2) is 39.0 Å². The maximum atomic E-state index is 13.4. The molecule has 2 aromatic carbocycles. The minimum absolute atomic E-state index is 0.0827. The fourth-order valence-corrected chi connectivity index (χ4v) is 4.99. The van der Waals surface area contributed by atoms with Crippen molar-refractivity contribution < 1.29 is 9.59 Å². The van der Waals surface area contributed by atoms with Gasteiger partial charge in [0.05, 0.1) is 10.9 Å². The van der Waals surface area contributed by atoms with Crippen LogP contribution in [0.4, 0.5) is 11.4 Å². The van der Waals surface area contributed by atoms with E-state index >= 15 is 0 Å². The van der Waals surface area contributed by atoms with Gasteiger partial charge >= 0.3 is 0 Å². The first-order valence-corrected chi connectivity index (χ1v) is 12.4. The third-order valence-corrected chi connectivity index (χ3v) is 7.76. The van der Waals surface area contributed by atoms with Crippen molar-refractivity contribution in [2.45, 2.75) is 51.8 Å². The van der Waals surface area contributed by atoms with E-state index in [0.717, 1.165) is 23.2 Å². The topological polar surface area (TPSA) is 74.1 Å². The number of hydrogen-bond acceptors (Lipinski definition) is 5. The Balaban J connectivity index is 1.62. The van der Waals surface area contributed by atoms with Crippen LogP contribution in [0, 0.1) is 12.8 Å². The van der Waals surface area contributed by atoms with E-state index in [0.29, 0.717) is 28.1 Å². The number of anilines is 1. The normalized spacial score (nSPS) is 18.8. The third-order valence-electron chi connectivity index (χ3n) is 6.03. The Morgan fingerprint density at radius 2 is 1.97 bits per heavy atom. The number of nitrogens with zero attached hydrogens (tertiary/aromatic N) is 3. The van der Waals surface area contributed by atoms with Crippen molar-refractivity contribution in [3.63, 3.8) is 0 Å². The highest BCUT2D eigenvalue weighted by atomic mass is 35.5. The minimum atomic E-state index is -0.439. The highest BCUT2D eigenvalue weighted by molar-refractivity contribution is 8.15. The molecule has 2 aromatic rings. The van der Waals surface area contributed by atoms with E-state index in [-0.39, 0.29) is 17.7 Å². The molecule has 2 aliphatic rings. The molecule has 2 aliphatic heterocycles. The molecular formula is C25H27ClN4O2S. The lowest BCUT2D eigenvalue weighted by Crippen LogP contribution is -2.43. The molecule has 0 aromatic heterocycles. The second-order valence-electron chi connectivity index (χ2n) is 8.34. The van der Waals surface area contributed by atoms with Crippen LogP contribution >= 0.6 is 23.4 Å². The number of fused-ring (bicyclic) bond motifs is 3. The lowest BCUT2D eigenvalue weighted by atomic mass is 10.00. The number of rotatable bonds is 6. The first kappa shape index (κ1) is 23.5. The molecule has 33 heavy (non-hydrogen) atoms. The number of para-hydroxylation sites is 1. The third kappa shape index (κ3) is 4.57. The number of thioether (sulfide) groups is 1. The number of amides is 2. The Hall–Kier alpha value is -2.64. The van der Waals surface area contributed by atoms with E-state index in [9.17, 15) is 9.59 Å². The number of aliphatic imine (C=N–C) groups is 2. The first-order chi connectivity index (χ1) is 15.8. The summed E-state index contributed by atoms with van der Waals surface area (Å²) in [6.07, 6.45) is 1.42. The van der Waals surface area contributed by atoms with E-state index in [1.165, 1.54) is 11.8 Å². The van der Waals surface area contributed by atoms with Crippen molar-refractivity contribution in [1.82, 2.24) is 4.90 Å². The van der Waals surface area contributed by atoms with E-state index < -0.39 is 11.3 Å². The summed E-state index contributed by atoms with van der Waals surface area (Å²) >= 11 is 7.50. The summed E-state index contributed by atoms with van der Waals surface area (Å²) in [6, 6.07) is 12.7. The molecule has 0 saturated carbocycles. The number of aryl methyl sites for hydroxylation is 1. The van der Waals surface area contributed by atoms with Gasteiger partial charge in [-0.05, 0) is 49.1 Å². The van der Waals surface area contributed by atoms with Gasteiger partial charge in [0.15, 0.2) is 5.17 Å². The maximum absolute atomic E-state index is 13.4. The number of benzene rings is 2. The Bertz CT molecular complexity index is 1160. The zero-order valence-corrected chi connectivity index (χ0v) is 20.7. The molecule has 6 nitrogen and oxygen atoms in total. The standard InChI is InChI=1S/C25H27ClN4O2S/c1-5-14(3)21-24(32)30-22(29-21)17-9-7-8-10-19(17)28-25(30)33-20(6-2)23(31)27-16-12-11-15(4)18(26)13-16/h7-14,20-21H,5-6H2,1-4H3,(H,27,31)/t14-,20-,21+/m0/s1. The molecule has 0 unspecified atom stereocenters. The molecular weight excluding hydrogens is 456 g/mol. The molecule has 172 valence electrons. The summed E-state index contributed by atoms with van der Waals surface area (Å²) in [5.74, 6) is 0.498. The number of amidine groups is 2. The molecule has 0 radical (unpaired) electrons. The van der Waals surface area contributed by atoms with Crippen molar-refractivity contribution in [1.29, 1.82) is 0 Å². The van der Waals surface area contributed by atoms with Gasteiger partial charge in [-0.2, -0.15) is 0 Å². The first-order valence-electron chi connectivity index (χ1n) is 11.2. The van der Waals surface area contributed by atoms with Crippen LogP contribution in [-0.2, 0) is 9.59 Å². The zero-order valence-electron chi connectivity index (χ0n) is 19.1. The summed E-state index contributed by atoms with van der Waals surface area (Å²) in [4.78, 5) is 37.6. The second kappa shape index (κ2) is 9.69. The highest BCUT2D eigenvalue weighted by Crippen LogP contribution is 2.37. The molecule has 8 heteroatoms. The highest BCUT2D eigenvalue weighted by Gasteiger charge is 2.43. The van der Waals surface area contributed by atoms with Crippen molar-refractivity contribution >= 4 is 57.6 Å². The molecule has 0 saturated heterocycles. The van der Waals surface area contributed by atoms with Gasteiger partial charge in [0.2, 0.25) is 5.91 Å². The van der Waals surface area contributed by atoms with Crippen LogP contribution in [0.2, 0.25) is 5.02 Å². The van der Waals surface area contributed by atoms with E-state index in [1.54, 1.807) is 11.0 Å². The Labute approximate surface area is 203 Å². The van der Waals surface area contributed by atoms with Gasteiger partial charge in [-0.15, -0.1) is 0 Å². The number of nitrogens with one attached hydrogen (secondary N) is 1.